The van der Waals surface area contributed by atoms with Gasteiger partial charge >= 0.3 is 47.1 Å². The van der Waals surface area contributed by atoms with Crippen LogP contribution in [0.15, 0.2) is 11.0 Å². The molecule has 0 spiro atoms. The van der Waals surface area contributed by atoms with Gasteiger partial charge < -0.3 is 81.7 Å². The summed E-state index contributed by atoms with van der Waals surface area (Å²) in [6, 6.07) is -7.28. The molecule has 4 heterocycles. The summed E-state index contributed by atoms with van der Waals surface area (Å²) in [6.07, 6.45) is 0.295. The van der Waals surface area contributed by atoms with Crippen molar-refractivity contribution in [3.63, 3.8) is 0 Å². The van der Waals surface area contributed by atoms with Crippen molar-refractivity contribution in [3.8, 4) is 11.8 Å². The first-order valence-electron chi connectivity index (χ1n) is 26.7. The number of nitrogens with two attached hydrogens (primary N) is 1. The smallest absolute Gasteiger partial charge is 0.481 e. The summed E-state index contributed by atoms with van der Waals surface area (Å²) in [7, 11) is -14.1. The number of aliphatic carboxylic acids is 3. The zero-order valence-electron chi connectivity index (χ0n) is 46.2. The van der Waals surface area contributed by atoms with Gasteiger partial charge in [0.2, 0.25) is 41.4 Å². The largest absolute Gasteiger partial charge is 0.490 e. The molecule has 3 fully saturated rings. The van der Waals surface area contributed by atoms with Crippen molar-refractivity contribution in [1.82, 2.24) is 45.9 Å². The van der Waals surface area contributed by atoms with E-state index in [1.165, 1.54) is 37.6 Å². The summed E-state index contributed by atoms with van der Waals surface area (Å²) < 4.78 is 53.2. The fourth-order valence-electron chi connectivity index (χ4n) is 8.86. The molecule has 4 rings (SSSR count). The average Bonchev–Trinajstić information content (AvgIpc) is 3.69. The molecule has 0 aliphatic carbocycles. The van der Waals surface area contributed by atoms with E-state index in [9.17, 15) is 86.4 Å². The van der Waals surface area contributed by atoms with Crippen LogP contribution in [-0.4, -0.2) is 194 Å². The number of anilines is 1. The summed E-state index contributed by atoms with van der Waals surface area (Å²) in [5.74, 6) is -3.53. The molecule has 0 bridgehead atoms. The number of carboxylic acid groups (broad SMARTS) is 3. The fraction of sp³-hybridized carbons (Fsp3) is 0.652. The van der Waals surface area contributed by atoms with Gasteiger partial charge in [-0.2, -0.15) is 13.6 Å². The van der Waals surface area contributed by atoms with Crippen LogP contribution in [0, 0.1) is 11.8 Å². The molecule has 0 radical (unpaired) electrons. The Balaban J connectivity index is 1.26. The van der Waals surface area contributed by atoms with Crippen molar-refractivity contribution < 1.29 is 114 Å². The number of carbonyl (C=O) groups excluding carboxylic acids is 7. The Bertz CT molecular complexity index is 2930. The van der Waals surface area contributed by atoms with Crippen molar-refractivity contribution in [2.24, 2.45) is 0 Å². The maximum absolute atomic E-state index is 14.3. The lowest BCUT2D eigenvalue weighted by atomic mass is 10.1. The molecule has 35 nitrogen and oxygen atoms in total. The molecule has 480 valence electrons. The van der Waals surface area contributed by atoms with Crippen LogP contribution in [0.5, 0.6) is 0 Å². The van der Waals surface area contributed by atoms with Crippen LogP contribution in [-0.2, 0) is 79.5 Å². The lowest BCUT2D eigenvalue weighted by Crippen LogP contribution is -2.58. The highest BCUT2D eigenvalue weighted by molar-refractivity contribution is 8.76. The van der Waals surface area contributed by atoms with Crippen molar-refractivity contribution in [3.05, 3.63) is 22.2 Å². The first-order valence-corrected chi connectivity index (χ1v) is 33.7. The Morgan fingerprint density at radius 1 is 0.767 bits per heavy atom. The molecule has 9 atom stereocenters. The van der Waals surface area contributed by atoms with Crippen LogP contribution >= 0.6 is 45.1 Å². The second-order valence-corrected chi connectivity index (χ2v) is 26.5. The number of carboxylic acids is 3. The number of phosphoric acid groups is 3. The number of hydrogen-bond donors (Lipinski definition) is 13. The molecule has 3 aliphatic heterocycles. The van der Waals surface area contributed by atoms with E-state index in [2.05, 4.69) is 51.2 Å². The highest BCUT2D eigenvalue weighted by Gasteiger charge is 2.43. The average molecular weight is 1320 g/mol. The Morgan fingerprint density at radius 3 is 2.00 bits per heavy atom. The molecular formula is C46H69N10O25P3S2. The SMILES string of the molecule is CCCC(=O)NCCCCC(NC(=O)C1CCCN1C(=O)CCSSCCC(=O)NCC#Cc1cn(C2CC[C@@H](COP(=O)(O)OP(=O)(O)OP(=O)(O)O)O2)c(=O)nc1N)C(=O)N1CCCC1C(=O)NC(CC(=O)O)C(=O)NC(CC(=O)O)C(=O)O. The number of hydrogen-bond acceptors (Lipinski definition) is 22. The molecule has 1 aromatic heterocycles. The van der Waals surface area contributed by atoms with Gasteiger partial charge in [-0.15, -0.1) is 0 Å². The van der Waals surface area contributed by atoms with Gasteiger partial charge in [-0.05, 0) is 64.2 Å². The second-order valence-electron chi connectivity index (χ2n) is 19.4. The summed E-state index contributed by atoms with van der Waals surface area (Å²) in [6.45, 7) is 1.50. The van der Waals surface area contributed by atoms with Crippen molar-refractivity contribution in [1.29, 1.82) is 0 Å². The minimum Gasteiger partial charge on any atom is -0.481 e. The standard InChI is InChI=1S/C46H69N10O25P3S2/c1-2-8-34(57)48-17-4-3-10-29(44(67)55-20-7-12-33(55)43(66)51-30(23-38(60)61)41(64)52-31(45(68)69)24-39(62)63)50-42(65)32-11-6-19-54(32)36(59)16-22-86-85-21-15-35(58)49-18-5-9-27-25-56(46(70)53-40(27)47)37-14-13-28(79-37)26-78-83(74,75)81-84(76,77)80-82(71,72)73/h25,28-33,37H,2-4,6-8,10-24,26H2,1H3,(H,48,57)(H,49,58)(H,50,65)(H,51,66)(H,52,64)(H,60,61)(H,62,63)(H,68,69)(H,74,75)(H,76,77)(H2,47,53,70)(H2,71,72,73)/t28-,29?,30?,31?,32?,33?,37?/m0/s1. The molecule has 1 aromatic rings. The summed E-state index contributed by atoms with van der Waals surface area (Å²) >= 11 is 0. The van der Waals surface area contributed by atoms with Crippen LogP contribution in [0.4, 0.5) is 5.82 Å². The monoisotopic (exact) mass is 1320 g/mol. The maximum atomic E-state index is 14.3. The number of unbranched alkanes of at least 4 members (excludes halogenated alkanes) is 1. The molecular weight excluding hydrogens is 1250 g/mol. The van der Waals surface area contributed by atoms with Gasteiger partial charge in [-0.25, -0.2) is 23.3 Å². The van der Waals surface area contributed by atoms with Gasteiger partial charge in [0.15, 0.2) is 0 Å². The van der Waals surface area contributed by atoms with Gasteiger partial charge in [0.1, 0.15) is 42.3 Å². The summed E-state index contributed by atoms with van der Waals surface area (Å²) in [5.41, 5.74) is 5.12. The molecule has 0 aromatic carbocycles. The quantitative estimate of drug-likeness (QED) is 0.0168. The van der Waals surface area contributed by atoms with Crippen molar-refractivity contribution in [2.75, 3.05) is 50.0 Å². The van der Waals surface area contributed by atoms with Crippen LogP contribution in [0.3, 0.4) is 0 Å². The number of amides is 7. The van der Waals surface area contributed by atoms with Gasteiger partial charge in [-0.3, -0.25) is 52.2 Å². The number of phosphoric ester groups is 1. The van der Waals surface area contributed by atoms with Gasteiger partial charge in [0, 0.05) is 56.6 Å². The van der Waals surface area contributed by atoms with Gasteiger partial charge in [0.25, 0.3) is 0 Å². The third-order valence-corrected chi connectivity index (χ3v) is 19.0. The number of likely N-dealkylation sites (tertiary alicyclic amines) is 2. The van der Waals surface area contributed by atoms with Gasteiger partial charge in [0.05, 0.1) is 37.7 Å². The molecule has 14 N–H and O–H groups in total. The number of nitrogens with zero attached hydrogens (tertiary/aromatic N) is 4. The first-order chi connectivity index (χ1) is 40.4. The normalized spacial score (nSPS) is 20.0. The Labute approximate surface area is 498 Å². The first kappa shape index (κ1) is 72.5. The predicted molar refractivity (Wildman–Crippen MR) is 299 cm³/mol. The van der Waals surface area contributed by atoms with E-state index >= 15 is 0 Å². The lowest BCUT2D eigenvalue weighted by molar-refractivity contribution is -0.148. The van der Waals surface area contributed by atoms with E-state index in [0.717, 1.165) is 4.57 Å². The zero-order valence-corrected chi connectivity index (χ0v) is 50.5. The Morgan fingerprint density at radius 2 is 1.37 bits per heavy atom. The number of nitrogen functional groups attached to an aromatic ring is 1. The highest BCUT2D eigenvalue weighted by Crippen LogP contribution is 2.66. The third kappa shape index (κ3) is 25.0. The topological polar surface area (TPSA) is 528 Å². The molecule has 3 saturated heterocycles. The fourth-order valence-corrected chi connectivity index (χ4v) is 13.9. The van der Waals surface area contributed by atoms with E-state index in [1.807, 2.05) is 12.2 Å². The van der Waals surface area contributed by atoms with E-state index in [0.29, 0.717) is 43.6 Å². The minimum atomic E-state index is -5.74. The molecule has 3 aliphatic rings. The molecule has 40 heteroatoms. The number of ether oxygens (including phenoxy) is 1. The van der Waals surface area contributed by atoms with E-state index < -0.39 is 133 Å². The zero-order chi connectivity index (χ0) is 63.9. The van der Waals surface area contributed by atoms with E-state index in [1.54, 1.807) is 0 Å². The Kier molecular flexibility index (Phi) is 29.1. The van der Waals surface area contributed by atoms with E-state index in [-0.39, 0.29) is 107 Å². The molecule has 86 heavy (non-hydrogen) atoms. The van der Waals surface area contributed by atoms with E-state index in [4.69, 9.17) is 25.4 Å². The summed E-state index contributed by atoms with van der Waals surface area (Å²) in [5, 5.41) is 40.3. The van der Waals surface area contributed by atoms with Gasteiger partial charge in [-0.1, -0.05) is 40.4 Å². The van der Waals surface area contributed by atoms with Crippen molar-refractivity contribution >= 4 is 110 Å². The minimum absolute atomic E-state index is 0.0183. The van der Waals surface area contributed by atoms with Crippen LogP contribution in [0.1, 0.15) is 115 Å². The molecule has 7 amide bonds. The maximum Gasteiger partial charge on any atom is 0.490 e. The highest BCUT2D eigenvalue weighted by atomic mass is 33.1. The van der Waals surface area contributed by atoms with Crippen LogP contribution in [0.25, 0.3) is 0 Å². The molecule has 0 saturated carbocycles. The lowest BCUT2D eigenvalue weighted by Gasteiger charge is -2.31. The van der Waals surface area contributed by atoms with Crippen LogP contribution in [0.2, 0.25) is 0 Å². The number of carbonyl (C=O) groups is 10. The van der Waals surface area contributed by atoms with Crippen molar-refractivity contribution in [2.45, 2.75) is 146 Å². The number of rotatable bonds is 35. The molecule has 8 unspecified atom stereocenters. The predicted octanol–water partition coefficient (Wildman–Crippen LogP) is -0.967. The number of aromatic nitrogens is 2. The van der Waals surface area contributed by atoms with Crippen LogP contribution < -0.4 is 38.0 Å². The summed E-state index contributed by atoms with van der Waals surface area (Å²) in [4.78, 5) is 183. The Hall–Kier alpha value is -5.99. The third-order valence-electron chi connectivity index (χ3n) is 12.8. The number of nitrogens with one attached hydrogen (secondary N) is 5. The second kappa shape index (κ2) is 34.5.